The Balaban J connectivity index is 1.72. The summed E-state index contributed by atoms with van der Waals surface area (Å²) in [6, 6.07) is 12.9. The third kappa shape index (κ3) is 3.78. The molecule has 132 valence electrons. The van der Waals surface area contributed by atoms with Gasteiger partial charge in [-0.1, -0.05) is 29.8 Å². The number of hydrogen-bond acceptors (Lipinski definition) is 2. The fourth-order valence-electron chi connectivity index (χ4n) is 3.10. The molecule has 25 heavy (non-hydrogen) atoms. The maximum Gasteiger partial charge on any atom is 0.418 e. The zero-order valence-electron chi connectivity index (χ0n) is 13.9. The van der Waals surface area contributed by atoms with Crippen molar-refractivity contribution in [3.63, 3.8) is 0 Å². The van der Waals surface area contributed by atoms with Crippen LogP contribution in [0.1, 0.15) is 21.5 Å². The lowest BCUT2D eigenvalue weighted by molar-refractivity contribution is -0.137. The molecule has 2 aromatic carbocycles. The molecule has 0 atom stereocenters. The van der Waals surface area contributed by atoms with Crippen LogP contribution >= 0.6 is 0 Å². The monoisotopic (exact) mass is 348 g/mol. The van der Waals surface area contributed by atoms with Crippen molar-refractivity contribution in [2.24, 2.45) is 0 Å². The molecular weight excluding hydrogens is 329 g/mol. The van der Waals surface area contributed by atoms with Gasteiger partial charge >= 0.3 is 6.18 Å². The molecule has 0 unspecified atom stereocenters. The van der Waals surface area contributed by atoms with Crippen LogP contribution in [0.4, 0.5) is 18.9 Å². The third-order valence-corrected chi connectivity index (χ3v) is 4.38. The second-order valence-corrected chi connectivity index (χ2v) is 6.16. The van der Waals surface area contributed by atoms with Crippen LogP contribution in [0.25, 0.3) is 0 Å². The molecule has 3 nitrogen and oxygen atoms in total. The van der Waals surface area contributed by atoms with Crippen molar-refractivity contribution in [3.8, 4) is 0 Å². The molecule has 0 saturated carbocycles. The summed E-state index contributed by atoms with van der Waals surface area (Å²) in [6.07, 6.45) is -4.38. The number of aryl methyl sites for hydroxylation is 1. The lowest BCUT2D eigenvalue weighted by atomic mass is 10.1. The number of alkyl halides is 3. The van der Waals surface area contributed by atoms with Gasteiger partial charge in [0.05, 0.1) is 5.56 Å². The number of amides is 1. The predicted octanol–water partition coefficient (Wildman–Crippen LogP) is 3.98. The van der Waals surface area contributed by atoms with Crippen molar-refractivity contribution in [2.45, 2.75) is 13.1 Å². The van der Waals surface area contributed by atoms with Crippen molar-refractivity contribution >= 4 is 11.6 Å². The van der Waals surface area contributed by atoms with Crippen LogP contribution < -0.4 is 4.90 Å². The largest absolute Gasteiger partial charge is 0.418 e. The van der Waals surface area contributed by atoms with E-state index in [1.54, 1.807) is 21.9 Å². The second kappa shape index (κ2) is 6.78. The number of carbonyl (C=O) groups is 1. The summed E-state index contributed by atoms with van der Waals surface area (Å²) < 4.78 is 39.5. The molecule has 0 aliphatic carbocycles. The van der Waals surface area contributed by atoms with Crippen LogP contribution in [-0.4, -0.2) is 37.0 Å². The first-order chi connectivity index (χ1) is 11.9. The Bertz CT molecular complexity index is 765. The molecule has 0 aromatic heterocycles. The first kappa shape index (κ1) is 17.3. The Morgan fingerprint density at radius 3 is 2.28 bits per heavy atom. The van der Waals surface area contributed by atoms with Crippen molar-refractivity contribution in [3.05, 3.63) is 65.2 Å². The van der Waals surface area contributed by atoms with Gasteiger partial charge in [0, 0.05) is 37.4 Å². The maximum absolute atomic E-state index is 13.2. The second-order valence-electron chi connectivity index (χ2n) is 6.16. The van der Waals surface area contributed by atoms with E-state index in [1.807, 2.05) is 25.1 Å². The number of anilines is 1. The smallest absolute Gasteiger partial charge is 0.367 e. The summed E-state index contributed by atoms with van der Waals surface area (Å²) in [5, 5.41) is 0. The molecule has 1 heterocycles. The summed E-state index contributed by atoms with van der Waals surface area (Å²) in [5.74, 6) is -0.0764. The van der Waals surface area contributed by atoms with E-state index in [2.05, 4.69) is 0 Å². The number of benzene rings is 2. The van der Waals surface area contributed by atoms with Crippen LogP contribution in [-0.2, 0) is 6.18 Å². The average Bonchev–Trinajstić information content (AvgIpc) is 2.60. The molecule has 1 fully saturated rings. The molecule has 1 saturated heterocycles. The fourth-order valence-corrected chi connectivity index (χ4v) is 3.10. The van der Waals surface area contributed by atoms with Gasteiger partial charge < -0.3 is 9.80 Å². The van der Waals surface area contributed by atoms with Crippen LogP contribution in [0.5, 0.6) is 0 Å². The van der Waals surface area contributed by atoms with Gasteiger partial charge in [0.1, 0.15) is 0 Å². The highest BCUT2D eigenvalue weighted by molar-refractivity contribution is 5.94. The van der Waals surface area contributed by atoms with E-state index < -0.39 is 11.7 Å². The Morgan fingerprint density at radius 1 is 0.960 bits per heavy atom. The number of piperazine rings is 1. The zero-order chi connectivity index (χ0) is 18.0. The summed E-state index contributed by atoms with van der Waals surface area (Å²) >= 11 is 0. The summed E-state index contributed by atoms with van der Waals surface area (Å²) in [4.78, 5) is 15.9. The number of para-hydroxylation sites is 1. The van der Waals surface area contributed by atoms with Gasteiger partial charge in [-0.3, -0.25) is 4.79 Å². The molecule has 1 aliphatic rings. The van der Waals surface area contributed by atoms with Crippen LogP contribution in [0.2, 0.25) is 0 Å². The summed E-state index contributed by atoms with van der Waals surface area (Å²) in [6.45, 7) is 3.48. The normalized spacial score (nSPS) is 15.4. The Hall–Kier alpha value is -2.50. The molecule has 6 heteroatoms. The van der Waals surface area contributed by atoms with Gasteiger partial charge in [-0.2, -0.15) is 13.2 Å². The SMILES string of the molecule is Cc1cccc(C(=O)N2CCN(c3ccccc3C(F)(F)F)CC2)c1. The first-order valence-electron chi connectivity index (χ1n) is 8.13. The number of halogens is 3. The van der Waals surface area contributed by atoms with Gasteiger partial charge in [0.25, 0.3) is 5.91 Å². The van der Waals surface area contributed by atoms with Crippen molar-refractivity contribution in [2.75, 3.05) is 31.1 Å². The molecule has 0 bridgehead atoms. The van der Waals surface area contributed by atoms with Crippen LogP contribution in [0.3, 0.4) is 0 Å². The summed E-state index contributed by atoms with van der Waals surface area (Å²) in [7, 11) is 0. The van der Waals surface area contributed by atoms with E-state index in [0.29, 0.717) is 31.7 Å². The van der Waals surface area contributed by atoms with E-state index in [4.69, 9.17) is 0 Å². The standard InChI is InChI=1S/C19H19F3N2O/c1-14-5-4-6-15(13-14)18(25)24-11-9-23(10-12-24)17-8-3-2-7-16(17)19(20,21)22/h2-8,13H,9-12H2,1H3. The van der Waals surface area contributed by atoms with Gasteiger partial charge in [-0.15, -0.1) is 0 Å². The van der Waals surface area contributed by atoms with Gasteiger partial charge in [0.15, 0.2) is 0 Å². The van der Waals surface area contributed by atoms with Crippen molar-refractivity contribution in [1.82, 2.24) is 4.90 Å². The molecule has 1 amide bonds. The van der Waals surface area contributed by atoms with E-state index in [9.17, 15) is 18.0 Å². The van der Waals surface area contributed by atoms with E-state index in [-0.39, 0.29) is 11.6 Å². The predicted molar refractivity (Wildman–Crippen MR) is 90.7 cm³/mol. The number of nitrogens with zero attached hydrogens (tertiary/aromatic N) is 2. The lowest BCUT2D eigenvalue weighted by Crippen LogP contribution is -2.49. The molecule has 1 aliphatic heterocycles. The van der Waals surface area contributed by atoms with E-state index in [0.717, 1.165) is 11.6 Å². The minimum absolute atomic E-state index is 0.0764. The lowest BCUT2D eigenvalue weighted by Gasteiger charge is -2.37. The highest BCUT2D eigenvalue weighted by Crippen LogP contribution is 2.36. The third-order valence-electron chi connectivity index (χ3n) is 4.38. The molecule has 0 N–H and O–H groups in total. The van der Waals surface area contributed by atoms with Gasteiger partial charge in [0.2, 0.25) is 0 Å². The maximum atomic E-state index is 13.2. The van der Waals surface area contributed by atoms with Gasteiger partial charge in [-0.25, -0.2) is 0 Å². The van der Waals surface area contributed by atoms with Crippen molar-refractivity contribution < 1.29 is 18.0 Å². The van der Waals surface area contributed by atoms with Gasteiger partial charge in [-0.05, 0) is 31.2 Å². The fraction of sp³-hybridized carbons (Fsp3) is 0.316. The Morgan fingerprint density at radius 2 is 1.64 bits per heavy atom. The average molecular weight is 348 g/mol. The minimum atomic E-state index is -4.38. The van der Waals surface area contributed by atoms with Crippen molar-refractivity contribution in [1.29, 1.82) is 0 Å². The number of rotatable bonds is 2. The number of hydrogen-bond donors (Lipinski definition) is 0. The van der Waals surface area contributed by atoms with Crippen LogP contribution in [0.15, 0.2) is 48.5 Å². The van der Waals surface area contributed by atoms with E-state index in [1.165, 1.54) is 12.1 Å². The summed E-state index contributed by atoms with van der Waals surface area (Å²) in [5.41, 5.74) is 1.17. The molecular formula is C19H19F3N2O. The Labute approximate surface area is 144 Å². The first-order valence-corrected chi connectivity index (χ1v) is 8.13. The highest BCUT2D eigenvalue weighted by Gasteiger charge is 2.35. The topological polar surface area (TPSA) is 23.6 Å². The molecule has 0 spiro atoms. The quantitative estimate of drug-likeness (QED) is 0.820. The van der Waals surface area contributed by atoms with Crippen LogP contribution in [0, 0.1) is 6.92 Å². The molecule has 0 radical (unpaired) electrons. The molecule has 2 aromatic rings. The minimum Gasteiger partial charge on any atom is -0.367 e. The zero-order valence-corrected chi connectivity index (χ0v) is 13.9. The number of carbonyl (C=O) groups excluding carboxylic acids is 1. The van der Waals surface area contributed by atoms with E-state index >= 15 is 0 Å². The molecule has 3 rings (SSSR count). The highest BCUT2D eigenvalue weighted by atomic mass is 19.4. The Kier molecular flexibility index (Phi) is 4.70.